The molecule has 25 heavy (non-hydrogen) atoms. The number of hydrogen-bond acceptors (Lipinski definition) is 2. The number of benzene rings is 2. The zero-order chi connectivity index (χ0) is 17.7. The molecule has 3 nitrogen and oxygen atoms in total. The summed E-state index contributed by atoms with van der Waals surface area (Å²) < 4.78 is 0. The molecule has 1 saturated carbocycles. The largest absolute Gasteiger partial charge is 0.353 e. The van der Waals surface area contributed by atoms with Crippen molar-refractivity contribution < 1.29 is 4.79 Å². The highest BCUT2D eigenvalue weighted by Crippen LogP contribution is 2.41. The van der Waals surface area contributed by atoms with Crippen LogP contribution in [0.5, 0.6) is 0 Å². The third-order valence-corrected chi connectivity index (χ3v) is 5.48. The second-order valence-electron chi connectivity index (χ2n) is 7.26. The maximum absolute atomic E-state index is 13.2. The highest BCUT2D eigenvalue weighted by Gasteiger charge is 2.42. The van der Waals surface area contributed by atoms with E-state index in [2.05, 4.69) is 60.7 Å². The highest BCUT2D eigenvalue weighted by atomic mass is 16.2. The van der Waals surface area contributed by atoms with E-state index in [1.807, 2.05) is 24.3 Å². The number of nitrogens with zero attached hydrogens (tertiary/aromatic N) is 1. The number of amides is 1. The summed E-state index contributed by atoms with van der Waals surface area (Å²) in [7, 11) is 4.12. The number of rotatable bonds is 6. The number of likely N-dealkylation sites (N-methyl/N-ethyl adjacent to an activating group) is 1. The van der Waals surface area contributed by atoms with Crippen molar-refractivity contribution in [3.8, 4) is 0 Å². The van der Waals surface area contributed by atoms with E-state index in [9.17, 15) is 4.79 Å². The quantitative estimate of drug-likeness (QED) is 0.867. The van der Waals surface area contributed by atoms with Crippen LogP contribution in [-0.2, 0) is 10.2 Å². The smallest absolute Gasteiger partial charge is 0.230 e. The van der Waals surface area contributed by atoms with Crippen LogP contribution in [0.1, 0.15) is 42.9 Å². The van der Waals surface area contributed by atoms with Gasteiger partial charge >= 0.3 is 0 Å². The van der Waals surface area contributed by atoms with Crippen molar-refractivity contribution in [1.29, 1.82) is 0 Å². The van der Waals surface area contributed by atoms with Crippen molar-refractivity contribution in [1.82, 2.24) is 10.2 Å². The van der Waals surface area contributed by atoms with Gasteiger partial charge in [0.2, 0.25) is 5.91 Å². The van der Waals surface area contributed by atoms with Gasteiger partial charge in [0, 0.05) is 6.54 Å². The molecule has 1 fully saturated rings. The van der Waals surface area contributed by atoms with Crippen LogP contribution in [0.25, 0.3) is 0 Å². The second kappa shape index (κ2) is 7.83. The second-order valence-corrected chi connectivity index (χ2v) is 7.26. The van der Waals surface area contributed by atoms with Gasteiger partial charge in [0.1, 0.15) is 0 Å². The fourth-order valence-electron chi connectivity index (χ4n) is 4.01. The summed E-state index contributed by atoms with van der Waals surface area (Å²) in [6, 6.07) is 20.9. The summed E-state index contributed by atoms with van der Waals surface area (Å²) in [6.45, 7) is 0.629. The lowest BCUT2D eigenvalue weighted by molar-refractivity contribution is -0.126. The van der Waals surface area contributed by atoms with E-state index in [-0.39, 0.29) is 17.4 Å². The van der Waals surface area contributed by atoms with Crippen molar-refractivity contribution >= 4 is 5.91 Å². The fourth-order valence-corrected chi connectivity index (χ4v) is 4.01. The highest BCUT2D eigenvalue weighted by molar-refractivity contribution is 5.88. The minimum absolute atomic E-state index is 0.180. The Kier molecular flexibility index (Phi) is 5.54. The number of carbonyl (C=O) groups is 1. The summed E-state index contributed by atoms with van der Waals surface area (Å²) in [4.78, 5) is 15.4. The monoisotopic (exact) mass is 336 g/mol. The summed E-state index contributed by atoms with van der Waals surface area (Å²) in [5.41, 5.74) is 2.04. The van der Waals surface area contributed by atoms with Crippen LogP contribution >= 0.6 is 0 Å². The third-order valence-electron chi connectivity index (χ3n) is 5.48. The van der Waals surface area contributed by atoms with Crippen molar-refractivity contribution in [2.24, 2.45) is 0 Å². The first-order valence-electron chi connectivity index (χ1n) is 9.19. The van der Waals surface area contributed by atoms with Gasteiger partial charge < -0.3 is 10.2 Å². The number of hydrogen-bond donors (Lipinski definition) is 1. The Morgan fingerprint density at radius 3 is 2.12 bits per heavy atom. The van der Waals surface area contributed by atoms with Crippen LogP contribution in [-0.4, -0.2) is 31.4 Å². The van der Waals surface area contributed by atoms with Gasteiger partial charge in [-0.1, -0.05) is 73.5 Å². The standard InChI is InChI=1S/C22H28N2O/c1-24(2)20(18-11-5-3-6-12-18)17-23-21(25)22(15-9-10-16-22)19-13-7-4-8-14-19/h3-8,11-14,20H,9-10,15-17H2,1-2H3,(H,23,25). The van der Waals surface area contributed by atoms with E-state index in [0.717, 1.165) is 31.2 Å². The summed E-state index contributed by atoms with van der Waals surface area (Å²) in [5.74, 6) is 0.180. The Hall–Kier alpha value is -2.13. The van der Waals surface area contributed by atoms with Gasteiger partial charge in [0.05, 0.1) is 11.5 Å². The van der Waals surface area contributed by atoms with Gasteiger partial charge in [-0.25, -0.2) is 0 Å². The van der Waals surface area contributed by atoms with E-state index < -0.39 is 0 Å². The Balaban J connectivity index is 1.76. The van der Waals surface area contributed by atoms with Crippen LogP contribution in [0.2, 0.25) is 0 Å². The molecule has 0 saturated heterocycles. The lowest BCUT2D eigenvalue weighted by Crippen LogP contribution is -2.45. The van der Waals surface area contributed by atoms with Crippen molar-refractivity contribution in [3.63, 3.8) is 0 Å². The first kappa shape index (κ1) is 17.7. The normalized spacial score (nSPS) is 17.4. The van der Waals surface area contributed by atoms with Crippen molar-refractivity contribution in [3.05, 3.63) is 71.8 Å². The molecule has 0 spiro atoms. The van der Waals surface area contributed by atoms with E-state index in [1.54, 1.807) is 0 Å². The molecule has 3 heteroatoms. The lowest BCUT2D eigenvalue weighted by atomic mass is 9.78. The fraction of sp³-hybridized carbons (Fsp3) is 0.409. The van der Waals surface area contributed by atoms with Gasteiger partial charge in [0.15, 0.2) is 0 Å². The molecule has 1 aliphatic carbocycles. The lowest BCUT2D eigenvalue weighted by Gasteiger charge is -2.31. The maximum Gasteiger partial charge on any atom is 0.230 e. The Labute approximate surface area is 151 Å². The third kappa shape index (κ3) is 3.77. The average molecular weight is 336 g/mol. The summed E-state index contributed by atoms with van der Waals surface area (Å²) in [5, 5.41) is 3.26. The van der Waals surface area contributed by atoms with Gasteiger partial charge in [-0.05, 0) is 38.1 Å². The molecular formula is C22H28N2O. The summed E-state index contributed by atoms with van der Waals surface area (Å²) >= 11 is 0. The Morgan fingerprint density at radius 1 is 1.00 bits per heavy atom. The van der Waals surface area contributed by atoms with Crippen LogP contribution in [0, 0.1) is 0 Å². The maximum atomic E-state index is 13.2. The van der Waals surface area contributed by atoms with Crippen LogP contribution in [0.4, 0.5) is 0 Å². The molecule has 0 heterocycles. The molecule has 0 bridgehead atoms. The predicted molar refractivity (Wildman–Crippen MR) is 102 cm³/mol. The minimum atomic E-state index is -0.352. The zero-order valence-corrected chi connectivity index (χ0v) is 15.2. The van der Waals surface area contributed by atoms with E-state index in [1.165, 1.54) is 5.56 Å². The van der Waals surface area contributed by atoms with E-state index >= 15 is 0 Å². The van der Waals surface area contributed by atoms with Crippen LogP contribution in [0.15, 0.2) is 60.7 Å². The molecule has 132 valence electrons. The molecule has 1 atom stereocenters. The molecular weight excluding hydrogens is 308 g/mol. The first-order chi connectivity index (χ1) is 12.1. The molecule has 0 aliphatic heterocycles. The van der Waals surface area contributed by atoms with Crippen molar-refractivity contribution in [2.75, 3.05) is 20.6 Å². The van der Waals surface area contributed by atoms with E-state index in [4.69, 9.17) is 0 Å². The number of nitrogens with one attached hydrogen (secondary N) is 1. The number of carbonyl (C=O) groups excluding carboxylic acids is 1. The van der Waals surface area contributed by atoms with Gasteiger partial charge in [-0.15, -0.1) is 0 Å². The summed E-state index contributed by atoms with van der Waals surface area (Å²) in [6.07, 6.45) is 4.14. The van der Waals surface area contributed by atoms with Gasteiger partial charge in [0.25, 0.3) is 0 Å². The topological polar surface area (TPSA) is 32.3 Å². The average Bonchev–Trinajstić information content (AvgIpc) is 3.14. The molecule has 0 aromatic heterocycles. The minimum Gasteiger partial charge on any atom is -0.353 e. The molecule has 1 amide bonds. The molecule has 0 radical (unpaired) electrons. The molecule has 3 rings (SSSR count). The molecule has 1 N–H and O–H groups in total. The van der Waals surface area contributed by atoms with Gasteiger partial charge in [-0.3, -0.25) is 4.79 Å². The molecule has 1 aliphatic rings. The molecule has 1 unspecified atom stereocenters. The van der Waals surface area contributed by atoms with Gasteiger partial charge in [-0.2, -0.15) is 0 Å². The van der Waals surface area contributed by atoms with E-state index in [0.29, 0.717) is 6.54 Å². The molecule has 2 aromatic carbocycles. The Morgan fingerprint density at radius 2 is 1.56 bits per heavy atom. The van der Waals surface area contributed by atoms with Crippen LogP contribution < -0.4 is 5.32 Å². The Bertz CT molecular complexity index is 676. The molecule has 2 aromatic rings. The van der Waals surface area contributed by atoms with Crippen LogP contribution in [0.3, 0.4) is 0 Å². The first-order valence-corrected chi connectivity index (χ1v) is 9.19. The predicted octanol–water partition coefficient (Wildman–Crippen LogP) is 3.92. The SMILES string of the molecule is CN(C)C(CNC(=O)C1(c2ccccc2)CCCC1)c1ccccc1. The zero-order valence-electron chi connectivity index (χ0n) is 15.2. The van der Waals surface area contributed by atoms with Crippen molar-refractivity contribution in [2.45, 2.75) is 37.1 Å².